The first kappa shape index (κ1) is 32.5. The van der Waals surface area contributed by atoms with Crippen molar-refractivity contribution in [3.63, 3.8) is 0 Å². The Bertz CT molecular complexity index is 912. The van der Waals surface area contributed by atoms with E-state index in [4.69, 9.17) is 15.2 Å². The Labute approximate surface area is 230 Å². The van der Waals surface area contributed by atoms with E-state index in [1.165, 1.54) is 83.4 Å². The third kappa shape index (κ3) is 12.0. The van der Waals surface area contributed by atoms with Crippen LogP contribution in [0.15, 0.2) is 12.7 Å². The second-order valence-corrected chi connectivity index (χ2v) is 11.4. The SMILES string of the molecule is CCCCCCCCCCCCCCCCOC(CC)C(OC(C)Cn1cnc2c(N)ncnc21)[P+](=O)[O-]. The van der Waals surface area contributed by atoms with E-state index >= 15 is 0 Å². The summed E-state index contributed by atoms with van der Waals surface area (Å²) in [6.45, 7) is 6.97. The van der Waals surface area contributed by atoms with Crippen LogP contribution in [-0.4, -0.2) is 44.2 Å². The van der Waals surface area contributed by atoms with Crippen LogP contribution in [0.4, 0.5) is 5.82 Å². The van der Waals surface area contributed by atoms with E-state index in [1.807, 2.05) is 13.8 Å². The quantitative estimate of drug-likeness (QED) is 0.122. The van der Waals surface area contributed by atoms with Gasteiger partial charge in [0.25, 0.3) is 5.85 Å². The molecule has 2 N–H and O–H groups in total. The summed E-state index contributed by atoms with van der Waals surface area (Å²) in [5.74, 6) is -0.683. The van der Waals surface area contributed by atoms with Gasteiger partial charge >= 0.3 is 8.03 Å². The molecule has 0 aromatic carbocycles. The molecule has 0 fully saturated rings. The highest BCUT2D eigenvalue weighted by molar-refractivity contribution is 7.37. The Kier molecular flexibility index (Phi) is 16.6. The normalized spacial score (nSPS) is 14.6. The average Bonchev–Trinajstić information content (AvgIpc) is 3.31. The third-order valence-corrected chi connectivity index (χ3v) is 7.88. The largest absolute Gasteiger partial charge is 0.593 e. The molecule has 4 unspecified atom stereocenters. The number of nitrogens with zero attached hydrogens (tertiary/aromatic N) is 4. The van der Waals surface area contributed by atoms with Gasteiger partial charge in [-0.3, -0.25) is 0 Å². The molecule has 0 aliphatic carbocycles. The Balaban J connectivity index is 1.60. The van der Waals surface area contributed by atoms with Crippen molar-refractivity contribution in [2.75, 3.05) is 12.3 Å². The standard InChI is InChI=1S/C28H50N5O4P/c1-4-6-7-8-9-10-11-12-13-14-15-16-17-18-19-36-24(5-2)28(38(34)35)37-23(3)20-33-22-32-25-26(29)30-21-31-27(25)33/h21-24,28H,4-20H2,1-3H3,(H2,29,30,31). The van der Waals surface area contributed by atoms with E-state index in [2.05, 4.69) is 21.9 Å². The van der Waals surface area contributed by atoms with Crippen LogP contribution < -0.4 is 10.6 Å². The molecule has 0 aliphatic rings. The molecule has 0 radical (unpaired) electrons. The van der Waals surface area contributed by atoms with E-state index in [9.17, 15) is 9.46 Å². The van der Waals surface area contributed by atoms with E-state index in [0.717, 1.165) is 12.8 Å². The van der Waals surface area contributed by atoms with Gasteiger partial charge in [-0.15, -0.1) is 0 Å². The summed E-state index contributed by atoms with van der Waals surface area (Å²) in [6.07, 6.45) is 20.9. The lowest BCUT2D eigenvalue weighted by atomic mass is 10.0. The minimum absolute atomic E-state index is 0.311. The molecule has 4 atom stereocenters. The van der Waals surface area contributed by atoms with Gasteiger partial charge in [-0.2, -0.15) is 0 Å². The first-order valence-electron chi connectivity index (χ1n) is 14.8. The van der Waals surface area contributed by atoms with Crippen molar-refractivity contribution in [1.82, 2.24) is 19.5 Å². The van der Waals surface area contributed by atoms with Crippen molar-refractivity contribution in [2.24, 2.45) is 0 Å². The molecule has 0 spiro atoms. The van der Waals surface area contributed by atoms with E-state index < -0.39 is 20.0 Å². The van der Waals surface area contributed by atoms with E-state index in [-0.39, 0.29) is 6.10 Å². The van der Waals surface area contributed by atoms with Crippen molar-refractivity contribution in [3.8, 4) is 0 Å². The minimum Gasteiger partial charge on any atom is -0.593 e. The second kappa shape index (κ2) is 19.4. The number of ether oxygens (including phenoxy) is 2. The molecule has 2 aromatic heterocycles. The molecular formula is C28H50N5O4P. The summed E-state index contributed by atoms with van der Waals surface area (Å²) in [6, 6.07) is 0. The molecule has 0 amide bonds. The fraction of sp³-hybridized carbons (Fsp3) is 0.821. The van der Waals surface area contributed by atoms with Gasteiger partial charge in [0.15, 0.2) is 11.5 Å². The number of rotatable bonds is 23. The third-order valence-electron chi connectivity index (χ3n) is 7.01. The number of anilines is 1. The molecule has 216 valence electrons. The zero-order valence-electron chi connectivity index (χ0n) is 23.9. The number of nitrogen functional groups attached to an aromatic ring is 1. The van der Waals surface area contributed by atoms with Gasteiger partial charge in [-0.25, -0.2) is 15.0 Å². The molecule has 38 heavy (non-hydrogen) atoms. The number of hydrogen-bond acceptors (Lipinski definition) is 8. The fourth-order valence-corrected chi connectivity index (χ4v) is 5.67. The summed E-state index contributed by atoms with van der Waals surface area (Å²) < 4.78 is 25.8. The maximum absolute atomic E-state index is 12.0. The highest BCUT2D eigenvalue weighted by Crippen LogP contribution is 2.28. The predicted octanol–water partition coefficient (Wildman–Crippen LogP) is 6.52. The highest BCUT2D eigenvalue weighted by atomic mass is 31.1. The van der Waals surface area contributed by atoms with Gasteiger partial charge in [0.2, 0.25) is 0 Å². The second-order valence-electron chi connectivity index (χ2n) is 10.4. The maximum Gasteiger partial charge on any atom is 0.344 e. The summed E-state index contributed by atoms with van der Waals surface area (Å²) in [5, 5.41) is 0. The lowest BCUT2D eigenvalue weighted by Crippen LogP contribution is -2.34. The topological polar surface area (TPSA) is 128 Å². The smallest absolute Gasteiger partial charge is 0.344 e. The summed E-state index contributed by atoms with van der Waals surface area (Å²) >= 11 is 0. The van der Waals surface area contributed by atoms with Gasteiger partial charge in [0.05, 0.1) is 19.0 Å². The van der Waals surface area contributed by atoms with Crippen LogP contribution in [0.2, 0.25) is 0 Å². The minimum atomic E-state index is -2.81. The van der Waals surface area contributed by atoms with Crippen molar-refractivity contribution in [1.29, 1.82) is 0 Å². The zero-order chi connectivity index (χ0) is 27.6. The monoisotopic (exact) mass is 551 g/mol. The number of imidazole rings is 1. The van der Waals surface area contributed by atoms with Gasteiger partial charge < -0.3 is 24.7 Å². The number of unbranched alkanes of at least 4 members (excludes halogenated alkanes) is 13. The Hall–Kier alpha value is -1.67. The lowest BCUT2D eigenvalue weighted by Gasteiger charge is -2.24. The lowest BCUT2D eigenvalue weighted by molar-refractivity contribution is -0.184. The number of nitrogens with two attached hydrogens (primary N) is 1. The van der Waals surface area contributed by atoms with Gasteiger partial charge in [-0.1, -0.05) is 102 Å². The first-order valence-corrected chi connectivity index (χ1v) is 16.0. The maximum atomic E-state index is 12.0. The van der Waals surface area contributed by atoms with Crippen LogP contribution in [-0.2, 0) is 20.6 Å². The van der Waals surface area contributed by atoms with Crippen molar-refractivity contribution >= 4 is 25.0 Å². The molecule has 0 saturated carbocycles. The molecule has 0 bridgehead atoms. The van der Waals surface area contributed by atoms with Crippen LogP contribution in [0.1, 0.15) is 117 Å². The zero-order valence-corrected chi connectivity index (χ0v) is 24.7. The molecule has 0 saturated heterocycles. The number of aromatic nitrogens is 4. The molecule has 9 nitrogen and oxygen atoms in total. The van der Waals surface area contributed by atoms with E-state index in [0.29, 0.717) is 36.6 Å². The fourth-order valence-electron chi connectivity index (χ4n) is 4.80. The van der Waals surface area contributed by atoms with E-state index in [1.54, 1.807) is 10.9 Å². The highest BCUT2D eigenvalue weighted by Gasteiger charge is 2.34. The van der Waals surface area contributed by atoms with Crippen molar-refractivity contribution < 1.29 is 18.9 Å². The molecule has 2 heterocycles. The predicted molar refractivity (Wildman–Crippen MR) is 152 cm³/mol. The van der Waals surface area contributed by atoms with Crippen LogP contribution in [0.25, 0.3) is 11.2 Å². The Morgan fingerprint density at radius 3 is 2.05 bits per heavy atom. The Morgan fingerprint density at radius 2 is 1.50 bits per heavy atom. The molecule has 2 rings (SSSR count). The van der Waals surface area contributed by atoms with Gasteiger partial charge in [-0.05, 0) is 19.8 Å². The summed E-state index contributed by atoms with van der Waals surface area (Å²) in [4.78, 5) is 24.5. The summed E-state index contributed by atoms with van der Waals surface area (Å²) in [7, 11) is -2.81. The van der Waals surface area contributed by atoms with Gasteiger partial charge in [0, 0.05) is 6.61 Å². The number of fused-ring (bicyclic) bond motifs is 1. The summed E-state index contributed by atoms with van der Waals surface area (Å²) in [5.41, 5.74) is 6.97. The number of hydrogen-bond donors (Lipinski definition) is 1. The van der Waals surface area contributed by atoms with Crippen molar-refractivity contribution in [2.45, 2.75) is 142 Å². The molecular weight excluding hydrogens is 501 g/mol. The molecule has 10 heteroatoms. The van der Waals surface area contributed by atoms with Crippen LogP contribution in [0, 0.1) is 0 Å². The Morgan fingerprint density at radius 1 is 0.921 bits per heavy atom. The molecule has 2 aromatic rings. The van der Waals surface area contributed by atoms with Crippen molar-refractivity contribution in [3.05, 3.63) is 12.7 Å². The first-order chi connectivity index (χ1) is 18.5. The average molecular weight is 552 g/mol. The van der Waals surface area contributed by atoms with Crippen LogP contribution in [0.3, 0.4) is 0 Å². The van der Waals surface area contributed by atoms with Gasteiger partial charge in [0.1, 0.15) is 17.9 Å². The molecule has 0 aliphatic heterocycles. The van der Waals surface area contributed by atoms with Crippen LogP contribution in [0.5, 0.6) is 0 Å². The van der Waals surface area contributed by atoms with Crippen LogP contribution >= 0.6 is 8.03 Å².